The predicted molar refractivity (Wildman–Crippen MR) is 93.8 cm³/mol. The number of ether oxygens (including phenoxy) is 1. The fourth-order valence-corrected chi connectivity index (χ4v) is 3.15. The van der Waals surface area contributed by atoms with Crippen LogP contribution in [0.1, 0.15) is 44.7 Å². The zero-order valence-electron chi connectivity index (χ0n) is 15.6. The van der Waals surface area contributed by atoms with Crippen LogP contribution in [0.3, 0.4) is 0 Å². The van der Waals surface area contributed by atoms with Crippen LogP contribution >= 0.6 is 0 Å². The van der Waals surface area contributed by atoms with Gasteiger partial charge in [0, 0.05) is 19.1 Å². The van der Waals surface area contributed by atoms with E-state index >= 15 is 0 Å². The first kappa shape index (κ1) is 21.0. The Labute approximate surface area is 157 Å². The number of alkyl carbamates (subject to hydrolysis) is 1. The molecule has 1 aromatic carbocycles. The molecule has 0 aliphatic carbocycles. The fourth-order valence-electron chi connectivity index (χ4n) is 3.15. The lowest BCUT2D eigenvalue weighted by molar-refractivity contribution is -0.194. The molecule has 1 heterocycles. The molecular formula is C19H24F3N3O2. The highest BCUT2D eigenvalue weighted by atomic mass is 19.4. The number of likely N-dealkylation sites (tertiary alicyclic amines) is 1. The fraction of sp³-hybridized carbons (Fsp3) is 0.579. The van der Waals surface area contributed by atoms with E-state index in [-0.39, 0.29) is 25.9 Å². The molecule has 0 spiro atoms. The van der Waals surface area contributed by atoms with Crippen molar-refractivity contribution in [1.29, 1.82) is 5.26 Å². The third-order valence-electron chi connectivity index (χ3n) is 4.22. The topological polar surface area (TPSA) is 65.4 Å². The standard InChI is InChI=1S/C19H24F3N3O2/c1-18(2,3)27-17(26)24-15-7-8-16(19(20,21)22)25(12-15)11-14-6-4-5-13(9-14)10-23/h4-6,9,15-16H,7-8,11-12H2,1-3H3,(H,24,26)/t15-,16+/m1/s1. The molecule has 1 aliphatic heterocycles. The molecule has 1 aliphatic rings. The maximum absolute atomic E-state index is 13.4. The molecule has 1 saturated heterocycles. The molecule has 8 heteroatoms. The summed E-state index contributed by atoms with van der Waals surface area (Å²) in [6.45, 7) is 5.28. The molecule has 0 bridgehead atoms. The van der Waals surface area contributed by atoms with Crippen molar-refractivity contribution in [1.82, 2.24) is 10.2 Å². The minimum Gasteiger partial charge on any atom is -0.444 e. The van der Waals surface area contributed by atoms with Gasteiger partial charge in [0.05, 0.1) is 11.6 Å². The molecule has 0 aromatic heterocycles. The second-order valence-electron chi connectivity index (χ2n) is 7.72. The summed E-state index contributed by atoms with van der Waals surface area (Å²) in [4.78, 5) is 13.3. The van der Waals surface area contributed by atoms with Crippen LogP contribution in [-0.2, 0) is 11.3 Å². The summed E-state index contributed by atoms with van der Waals surface area (Å²) in [6.07, 6.45) is -4.88. The number of nitriles is 1. The molecule has 2 rings (SSSR count). The van der Waals surface area contributed by atoms with Crippen LogP contribution in [0.4, 0.5) is 18.0 Å². The normalized spacial score (nSPS) is 21.4. The maximum atomic E-state index is 13.4. The third-order valence-corrected chi connectivity index (χ3v) is 4.22. The van der Waals surface area contributed by atoms with E-state index in [1.54, 1.807) is 45.0 Å². The Hall–Kier alpha value is -2.27. The molecule has 1 N–H and O–H groups in total. The molecule has 0 unspecified atom stereocenters. The molecule has 148 valence electrons. The van der Waals surface area contributed by atoms with Crippen molar-refractivity contribution in [2.45, 2.75) is 64.0 Å². The second-order valence-corrected chi connectivity index (χ2v) is 7.72. The Morgan fingerprint density at radius 1 is 1.33 bits per heavy atom. The lowest BCUT2D eigenvalue weighted by Gasteiger charge is -2.40. The summed E-state index contributed by atoms with van der Waals surface area (Å²) in [5.74, 6) is 0. The van der Waals surface area contributed by atoms with Crippen molar-refractivity contribution in [3.8, 4) is 6.07 Å². The number of hydrogen-bond acceptors (Lipinski definition) is 4. The number of benzene rings is 1. The molecule has 0 saturated carbocycles. The van der Waals surface area contributed by atoms with Crippen LogP contribution in [0.2, 0.25) is 0 Å². The Morgan fingerprint density at radius 3 is 2.63 bits per heavy atom. The Bertz CT molecular complexity index is 707. The van der Waals surface area contributed by atoms with Gasteiger partial charge in [-0.15, -0.1) is 0 Å². The van der Waals surface area contributed by atoms with Crippen molar-refractivity contribution < 1.29 is 22.7 Å². The number of piperidine rings is 1. The van der Waals surface area contributed by atoms with Gasteiger partial charge in [-0.25, -0.2) is 4.79 Å². The number of nitrogens with one attached hydrogen (secondary N) is 1. The molecule has 0 radical (unpaired) electrons. The monoisotopic (exact) mass is 383 g/mol. The Balaban J connectivity index is 2.11. The van der Waals surface area contributed by atoms with Gasteiger partial charge in [-0.3, -0.25) is 4.90 Å². The van der Waals surface area contributed by atoms with Crippen molar-refractivity contribution >= 4 is 6.09 Å². The SMILES string of the molecule is CC(C)(C)OC(=O)N[C@@H]1CC[C@@H](C(F)(F)F)N(Cc2cccc(C#N)c2)C1. The van der Waals surface area contributed by atoms with Crippen LogP contribution in [0.15, 0.2) is 24.3 Å². The van der Waals surface area contributed by atoms with Gasteiger partial charge < -0.3 is 10.1 Å². The number of alkyl halides is 3. The third kappa shape index (κ3) is 6.43. The minimum absolute atomic E-state index is 0.0478. The minimum atomic E-state index is -4.36. The van der Waals surface area contributed by atoms with Crippen molar-refractivity contribution in [3.05, 3.63) is 35.4 Å². The molecule has 1 fully saturated rings. The molecule has 1 aromatic rings. The quantitative estimate of drug-likeness (QED) is 0.858. The van der Waals surface area contributed by atoms with E-state index in [2.05, 4.69) is 5.32 Å². The average Bonchev–Trinajstić information content (AvgIpc) is 2.52. The van der Waals surface area contributed by atoms with E-state index in [1.165, 1.54) is 4.90 Å². The average molecular weight is 383 g/mol. The summed E-state index contributed by atoms with van der Waals surface area (Å²) < 4.78 is 45.5. The van der Waals surface area contributed by atoms with E-state index in [4.69, 9.17) is 10.00 Å². The first-order valence-corrected chi connectivity index (χ1v) is 8.77. The van der Waals surface area contributed by atoms with Gasteiger partial charge >= 0.3 is 12.3 Å². The zero-order chi connectivity index (χ0) is 20.2. The summed E-state index contributed by atoms with van der Waals surface area (Å²) in [6, 6.07) is 6.50. The summed E-state index contributed by atoms with van der Waals surface area (Å²) in [5, 5.41) is 11.6. The van der Waals surface area contributed by atoms with Gasteiger partial charge in [0.1, 0.15) is 11.6 Å². The number of carbonyl (C=O) groups excluding carboxylic acids is 1. The van der Waals surface area contributed by atoms with Gasteiger partial charge in [0.2, 0.25) is 0 Å². The zero-order valence-corrected chi connectivity index (χ0v) is 15.6. The molecular weight excluding hydrogens is 359 g/mol. The van der Waals surface area contributed by atoms with Crippen LogP contribution < -0.4 is 5.32 Å². The number of halogens is 3. The highest BCUT2D eigenvalue weighted by Gasteiger charge is 2.46. The number of nitrogens with zero attached hydrogens (tertiary/aromatic N) is 2. The van der Waals surface area contributed by atoms with E-state index < -0.39 is 30.0 Å². The number of rotatable bonds is 3. The lowest BCUT2D eigenvalue weighted by atomic mass is 9.96. The first-order valence-electron chi connectivity index (χ1n) is 8.77. The van der Waals surface area contributed by atoms with E-state index in [9.17, 15) is 18.0 Å². The largest absolute Gasteiger partial charge is 0.444 e. The molecule has 5 nitrogen and oxygen atoms in total. The van der Waals surface area contributed by atoms with Crippen LogP contribution in [0.25, 0.3) is 0 Å². The number of hydrogen-bond donors (Lipinski definition) is 1. The van der Waals surface area contributed by atoms with E-state index in [0.29, 0.717) is 11.1 Å². The van der Waals surface area contributed by atoms with Gasteiger partial charge in [0.15, 0.2) is 0 Å². The highest BCUT2D eigenvalue weighted by molar-refractivity contribution is 5.68. The van der Waals surface area contributed by atoms with Gasteiger partial charge in [-0.05, 0) is 51.3 Å². The highest BCUT2D eigenvalue weighted by Crippen LogP contribution is 2.33. The summed E-state index contributed by atoms with van der Waals surface area (Å²) >= 11 is 0. The maximum Gasteiger partial charge on any atom is 0.407 e. The summed E-state index contributed by atoms with van der Waals surface area (Å²) in [5.41, 5.74) is 0.350. The van der Waals surface area contributed by atoms with Gasteiger partial charge in [-0.2, -0.15) is 18.4 Å². The van der Waals surface area contributed by atoms with Crippen LogP contribution in [0.5, 0.6) is 0 Å². The molecule has 27 heavy (non-hydrogen) atoms. The van der Waals surface area contributed by atoms with E-state index in [1.807, 2.05) is 6.07 Å². The van der Waals surface area contributed by atoms with E-state index in [0.717, 1.165) is 0 Å². The second kappa shape index (κ2) is 8.17. The van der Waals surface area contributed by atoms with Gasteiger partial charge in [0.25, 0.3) is 0 Å². The lowest BCUT2D eigenvalue weighted by Crippen LogP contribution is -2.56. The first-order chi connectivity index (χ1) is 12.5. The Kier molecular flexibility index (Phi) is 6.37. The smallest absolute Gasteiger partial charge is 0.407 e. The van der Waals surface area contributed by atoms with Crippen molar-refractivity contribution in [3.63, 3.8) is 0 Å². The summed E-state index contributed by atoms with van der Waals surface area (Å²) in [7, 11) is 0. The van der Waals surface area contributed by atoms with Crippen molar-refractivity contribution in [2.24, 2.45) is 0 Å². The number of amides is 1. The van der Waals surface area contributed by atoms with Crippen LogP contribution in [-0.4, -0.2) is 41.4 Å². The molecule has 2 atom stereocenters. The van der Waals surface area contributed by atoms with Crippen LogP contribution in [0, 0.1) is 11.3 Å². The predicted octanol–water partition coefficient (Wildman–Crippen LogP) is 3.98. The van der Waals surface area contributed by atoms with Crippen molar-refractivity contribution in [2.75, 3.05) is 6.54 Å². The number of carbonyl (C=O) groups is 1. The molecule has 1 amide bonds. The van der Waals surface area contributed by atoms with Gasteiger partial charge in [-0.1, -0.05) is 12.1 Å². The Morgan fingerprint density at radius 2 is 2.04 bits per heavy atom.